The number of aromatic nitrogens is 6. The molecule has 0 saturated carbocycles. The van der Waals surface area contributed by atoms with Gasteiger partial charge in [0.2, 0.25) is 5.78 Å². The van der Waals surface area contributed by atoms with E-state index in [-0.39, 0.29) is 5.56 Å². The van der Waals surface area contributed by atoms with E-state index >= 15 is 0 Å². The van der Waals surface area contributed by atoms with Crippen molar-refractivity contribution in [1.29, 1.82) is 0 Å². The molecule has 0 radical (unpaired) electrons. The van der Waals surface area contributed by atoms with Gasteiger partial charge in [-0.15, -0.1) is 10.2 Å². The van der Waals surface area contributed by atoms with Gasteiger partial charge in [-0.1, -0.05) is 50.1 Å². The van der Waals surface area contributed by atoms with Crippen LogP contribution in [0, 0.1) is 0 Å². The third-order valence-corrected chi connectivity index (χ3v) is 5.12. The third kappa shape index (κ3) is 3.41. The molecule has 1 N–H and O–H groups in total. The monoisotopic (exact) mass is 428 g/mol. The Morgan fingerprint density at radius 3 is 2.70 bits per heavy atom. The number of benzene rings is 1. The number of aryl methyl sites for hydroxylation is 3. The number of aromatic amines is 1. The molecule has 0 fully saturated rings. The van der Waals surface area contributed by atoms with Gasteiger partial charge in [-0.2, -0.15) is 0 Å². The quantitative estimate of drug-likeness (QED) is 0.360. The van der Waals surface area contributed by atoms with Gasteiger partial charge in [-0.3, -0.25) is 9.36 Å². The number of rotatable bonds is 7. The molecule has 4 rings (SSSR count). The number of halogens is 1. The highest BCUT2D eigenvalue weighted by Crippen LogP contribution is 2.17. The van der Waals surface area contributed by atoms with E-state index in [1.165, 1.54) is 5.56 Å². The van der Waals surface area contributed by atoms with E-state index in [0.29, 0.717) is 33.9 Å². The minimum atomic E-state index is -0.155. The Labute approximate surface area is 164 Å². The normalized spacial score (nSPS) is 11.6. The number of imidazole rings is 1. The summed E-state index contributed by atoms with van der Waals surface area (Å²) in [5.41, 5.74) is 2.16. The van der Waals surface area contributed by atoms with Crippen LogP contribution in [0.3, 0.4) is 0 Å². The van der Waals surface area contributed by atoms with Gasteiger partial charge in [0.05, 0.1) is 0 Å². The second-order valence-corrected chi connectivity index (χ2v) is 7.38. The Morgan fingerprint density at radius 2 is 1.93 bits per heavy atom. The Kier molecular flexibility index (Phi) is 5.07. The lowest BCUT2D eigenvalue weighted by Gasteiger charge is -2.09. The van der Waals surface area contributed by atoms with E-state index in [2.05, 4.69) is 55.2 Å². The molecule has 0 spiro atoms. The highest BCUT2D eigenvalue weighted by Gasteiger charge is 2.19. The van der Waals surface area contributed by atoms with Crippen molar-refractivity contribution < 1.29 is 0 Å². The van der Waals surface area contributed by atoms with Gasteiger partial charge in [0.1, 0.15) is 5.82 Å². The first-order valence-electron chi connectivity index (χ1n) is 9.25. The van der Waals surface area contributed by atoms with Gasteiger partial charge in [0.25, 0.3) is 5.56 Å². The number of unbranched alkanes of at least 4 members (excludes halogenated alkanes) is 2. The number of nitrogens with one attached hydrogen (secondary N) is 1. The summed E-state index contributed by atoms with van der Waals surface area (Å²) in [5, 5.41) is 8.66. The summed E-state index contributed by atoms with van der Waals surface area (Å²) in [4.78, 5) is 20.5. The van der Waals surface area contributed by atoms with E-state index in [9.17, 15) is 4.79 Å². The Bertz CT molecular complexity index is 1130. The number of fused-ring (bicyclic) bond motifs is 2. The third-order valence-electron chi connectivity index (χ3n) is 4.75. The van der Waals surface area contributed by atoms with Gasteiger partial charge in [0.15, 0.2) is 15.9 Å². The maximum absolute atomic E-state index is 13.1. The minimum absolute atomic E-state index is 0.155. The number of nitrogens with zero attached hydrogens (tertiary/aromatic N) is 5. The fourth-order valence-electron chi connectivity index (χ4n) is 3.37. The molecule has 0 amide bonds. The molecule has 27 heavy (non-hydrogen) atoms. The van der Waals surface area contributed by atoms with Crippen molar-refractivity contribution in [3.05, 3.63) is 56.8 Å². The zero-order valence-corrected chi connectivity index (χ0v) is 16.7. The van der Waals surface area contributed by atoms with E-state index in [1.807, 2.05) is 22.8 Å². The summed E-state index contributed by atoms with van der Waals surface area (Å²) in [7, 11) is 0. The van der Waals surface area contributed by atoms with Crippen LogP contribution in [0.25, 0.3) is 16.9 Å². The second-order valence-electron chi connectivity index (χ2n) is 6.63. The van der Waals surface area contributed by atoms with Crippen molar-refractivity contribution in [2.75, 3.05) is 0 Å². The fraction of sp³-hybridized carbons (Fsp3) is 0.368. The number of hydrogen-bond donors (Lipinski definition) is 1. The molecule has 0 saturated heterocycles. The van der Waals surface area contributed by atoms with Gasteiger partial charge in [0, 0.05) is 13.0 Å². The standard InChI is InChI=1S/C19H21BrN6O/c1-2-3-7-12-25-16-15(21-18(20)22-16)17(27)26-14(23-24-19(25)26)11-10-13-8-5-4-6-9-13/h4-6,8-9H,2-3,7,10-12H2,1H3,(H,21,22). The fourth-order valence-corrected chi connectivity index (χ4v) is 3.73. The smallest absolute Gasteiger partial charge is 0.286 e. The highest BCUT2D eigenvalue weighted by molar-refractivity contribution is 9.10. The van der Waals surface area contributed by atoms with Gasteiger partial charge in [-0.05, 0) is 34.3 Å². The first-order chi connectivity index (χ1) is 13.2. The predicted molar refractivity (Wildman–Crippen MR) is 108 cm³/mol. The van der Waals surface area contributed by atoms with Crippen molar-refractivity contribution in [2.45, 2.75) is 45.6 Å². The summed E-state index contributed by atoms with van der Waals surface area (Å²) in [5.74, 6) is 1.24. The van der Waals surface area contributed by atoms with E-state index in [1.54, 1.807) is 4.40 Å². The number of H-pyrrole nitrogens is 1. The molecule has 140 valence electrons. The molecule has 0 atom stereocenters. The van der Waals surface area contributed by atoms with Crippen LogP contribution in [0.15, 0.2) is 39.9 Å². The van der Waals surface area contributed by atoms with Crippen molar-refractivity contribution >= 4 is 32.9 Å². The lowest BCUT2D eigenvalue weighted by molar-refractivity contribution is 0.612. The van der Waals surface area contributed by atoms with Crippen molar-refractivity contribution in [1.82, 2.24) is 29.1 Å². The van der Waals surface area contributed by atoms with Crippen LogP contribution < -0.4 is 5.56 Å². The summed E-state index contributed by atoms with van der Waals surface area (Å²) in [6, 6.07) is 10.2. The second kappa shape index (κ2) is 7.64. The molecule has 1 aromatic carbocycles. The van der Waals surface area contributed by atoms with Gasteiger partial charge < -0.3 is 4.98 Å². The molecule has 0 aliphatic heterocycles. The summed E-state index contributed by atoms with van der Waals surface area (Å²) in [6.45, 7) is 2.92. The topological polar surface area (TPSA) is 80.9 Å². The largest absolute Gasteiger partial charge is 0.327 e. The van der Waals surface area contributed by atoms with Gasteiger partial charge in [-0.25, -0.2) is 9.38 Å². The molecular weight excluding hydrogens is 408 g/mol. The molecule has 4 aromatic rings. The Hall–Kier alpha value is -2.48. The van der Waals surface area contributed by atoms with Crippen LogP contribution in [-0.2, 0) is 19.4 Å². The summed E-state index contributed by atoms with van der Waals surface area (Å²) < 4.78 is 4.17. The molecule has 7 nitrogen and oxygen atoms in total. The van der Waals surface area contributed by atoms with Gasteiger partial charge >= 0.3 is 0 Å². The molecule has 8 heteroatoms. The van der Waals surface area contributed by atoms with Crippen LogP contribution in [0.1, 0.15) is 37.6 Å². The molecule has 3 aromatic heterocycles. The Morgan fingerprint density at radius 1 is 1.11 bits per heavy atom. The average molecular weight is 429 g/mol. The van der Waals surface area contributed by atoms with Crippen LogP contribution in [0.5, 0.6) is 0 Å². The number of hydrogen-bond acceptors (Lipinski definition) is 4. The zero-order valence-electron chi connectivity index (χ0n) is 15.2. The first-order valence-corrected chi connectivity index (χ1v) is 10.0. The lowest BCUT2D eigenvalue weighted by atomic mass is 10.1. The lowest BCUT2D eigenvalue weighted by Crippen LogP contribution is -2.21. The van der Waals surface area contributed by atoms with Crippen molar-refractivity contribution in [3.8, 4) is 0 Å². The molecule has 0 unspecified atom stereocenters. The maximum Gasteiger partial charge on any atom is 0.286 e. The predicted octanol–water partition coefficient (Wildman–Crippen LogP) is 3.51. The van der Waals surface area contributed by atoms with Crippen molar-refractivity contribution in [3.63, 3.8) is 0 Å². The SMILES string of the molecule is CCCCCn1c2nc(Br)[nH]c2c(=O)n2c(CCc3ccccc3)nnc12. The first kappa shape index (κ1) is 17.9. The molecule has 3 heterocycles. The maximum atomic E-state index is 13.1. The van der Waals surface area contributed by atoms with Crippen LogP contribution in [0.2, 0.25) is 0 Å². The summed E-state index contributed by atoms with van der Waals surface area (Å²) >= 11 is 3.35. The van der Waals surface area contributed by atoms with E-state index < -0.39 is 0 Å². The minimum Gasteiger partial charge on any atom is -0.327 e. The average Bonchev–Trinajstić information content (AvgIpc) is 3.28. The van der Waals surface area contributed by atoms with E-state index in [4.69, 9.17) is 0 Å². The zero-order chi connectivity index (χ0) is 18.8. The van der Waals surface area contributed by atoms with E-state index in [0.717, 1.165) is 32.2 Å². The highest BCUT2D eigenvalue weighted by atomic mass is 79.9. The Balaban J connectivity index is 1.79. The molecular formula is C19H21BrN6O. The molecule has 0 aliphatic rings. The molecule has 0 aliphatic carbocycles. The summed E-state index contributed by atoms with van der Waals surface area (Å²) in [6.07, 6.45) is 4.69. The van der Waals surface area contributed by atoms with Crippen LogP contribution >= 0.6 is 15.9 Å². The van der Waals surface area contributed by atoms with Crippen LogP contribution in [0.4, 0.5) is 0 Å². The molecule has 0 bridgehead atoms. The van der Waals surface area contributed by atoms with Crippen molar-refractivity contribution in [2.24, 2.45) is 0 Å². The van der Waals surface area contributed by atoms with Crippen LogP contribution in [-0.4, -0.2) is 29.1 Å².